The number of benzene rings is 1. The topological polar surface area (TPSA) is 64.4 Å². The second-order valence-corrected chi connectivity index (χ2v) is 7.45. The first-order valence-electron chi connectivity index (χ1n) is 9.64. The number of hydrogen-bond acceptors (Lipinski definition) is 4. The van der Waals surface area contributed by atoms with Gasteiger partial charge in [0.05, 0.1) is 25.3 Å². The predicted octanol–water partition coefficient (Wildman–Crippen LogP) is 2.54. The zero-order chi connectivity index (χ0) is 18.8. The number of aromatic nitrogens is 2. The third-order valence-corrected chi connectivity index (χ3v) is 5.52. The van der Waals surface area contributed by atoms with Crippen molar-refractivity contribution in [2.45, 2.75) is 44.1 Å². The fraction of sp³-hybridized carbons (Fsp3) is 0.476. The first-order chi connectivity index (χ1) is 13.1. The van der Waals surface area contributed by atoms with Crippen LogP contribution in [0.15, 0.2) is 41.2 Å². The summed E-state index contributed by atoms with van der Waals surface area (Å²) in [6, 6.07) is 11.2. The number of amides is 1. The smallest absolute Gasteiger partial charge is 0.267 e. The Labute approximate surface area is 158 Å². The zero-order valence-corrected chi connectivity index (χ0v) is 15.6. The molecule has 0 spiro atoms. The number of nitrogens with zero attached hydrogens (tertiary/aromatic N) is 3. The normalized spacial score (nSPS) is 17.7. The molecule has 27 heavy (non-hydrogen) atoms. The molecular formula is C21H25N3O3. The maximum Gasteiger partial charge on any atom is 0.267 e. The quantitative estimate of drug-likeness (QED) is 0.815. The molecule has 1 aromatic heterocycles. The number of likely N-dealkylation sites (tertiary alicyclic amines) is 1. The van der Waals surface area contributed by atoms with E-state index in [2.05, 4.69) is 5.10 Å². The molecule has 0 atom stereocenters. The minimum absolute atomic E-state index is 0.0394. The minimum atomic E-state index is -0.0394. The Kier molecular flexibility index (Phi) is 4.97. The van der Waals surface area contributed by atoms with Crippen molar-refractivity contribution in [3.63, 3.8) is 0 Å². The van der Waals surface area contributed by atoms with E-state index < -0.39 is 0 Å². The number of ether oxygens (including phenoxy) is 1. The van der Waals surface area contributed by atoms with Crippen LogP contribution in [0.1, 0.15) is 48.9 Å². The van der Waals surface area contributed by atoms with Gasteiger partial charge in [0.2, 0.25) is 5.91 Å². The summed E-state index contributed by atoms with van der Waals surface area (Å²) in [5.41, 5.74) is 1.98. The molecule has 1 aliphatic carbocycles. The lowest BCUT2D eigenvalue weighted by Crippen LogP contribution is -2.42. The van der Waals surface area contributed by atoms with E-state index in [1.807, 2.05) is 35.2 Å². The van der Waals surface area contributed by atoms with E-state index in [9.17, 15) is 9.59 Å². The largest absolute Gasteiger partial charge is 0.497 e. The maximum atomic E-state index is 12.6. The van der Waals surface area contributed by atoms with E-state index in [-0.39, 0.29) is 17.5 Å². The Morgan fingerprint density at radius 1 is 1.07 bits per heavy atom. The summed E-state index contributed by atoms with van der Waals surface area (Å²) in [5, 5.41) is 4.60. The number of rotatable bonds is 5. The third-order valence-electron chi connectivity index (χ3n) is 5.52. The number of hydrogen-bond donors (Lipinski definition) is 0. The molecule has 1 saturated heterocycles. The van der Waals surface area contributed by atoms with Crippen LogP contribution in [-0.4, -0.2) is 40.8 Å². The van der Waals surface area contributed by atoms with Gasteiger partial charge < -0.3 is 9.64 Å². The Morgan fingerprint density at radius 3 is 2.41 bits per heavy atom. The van der Waals surface area contributed by atoms with E-state index in [0.29, 0.717) is 25.4 Å². The minimum Gasteiger partial charge on any atom is -0.497 e. The van der Waals surface area contributed by atoms with E-state index in [1.54, 1.807) is 17.9 Å². The van der Waals surface area contributed by atoms with Crippen LogP contribution >= 0.6 is 0 Å². The second-order valence-electron chi connectivity index (χ2n) is 7.45. The van der Waals surface area contributed by atoms with Gasteiger partial charge in [-0.05, 0) is 49.4 Å². The fourth-order valence-electron chi connectivity index (χ4n) is 3.69. The first-order valence-corrected chi connectivity index (χ1v) is 9.64. The van der Waals surface area contributed by atoms with E-state index >= 15 is 0 Å². The lowest BCUT2D eigenvalue weighted by Gasteiger charge is -2.32. The number of carbonyl (C=O) groups excluding carboxylic acids is 1. The van der Waals surface area contributed by atoms with Gasteiger partial charge in [0.25, 0.3) is 5.56 Å². The van der Waals surface area contributed by atoms with Crippen molar-refractivity contribution >= 4 is 5.91 Å². The zero-order valence-electron chi connectivity index (χ0n) is 15.6. The molecule has 0 N–H and O–H groups in total. The van der Waals surface area contributed by atoms with Gasteiger partial charge in [-0.15, -0.1) is 0 Å². The molecule has 0 bridgehead atoms. The summed E-state index contributed by atoms with van der Waals surface area (Å²) >= 11 is 0. The van der Waals surface area contributed by atoms with Gasteiger partial charge in [-0.1, -0.05) is 12.1 Å². The molecule has 2 aliphatic rings. The van der Waals surface area contributed by atoms with Gasteiger partial charge in [0.1, 0.15) is 5.75 Å². The van der Waals surface area contributed by atoms with Crippen molar-refractivity contribution in [3.8, 4) is 5.75 Å². The van der Waals surface area contributed by atoms with Crippen molar-refractivity contribution in [1.82, 2.24) is 14.7 Å². The van der Waals surface area contributed by atoms with Crippen LogP contribution in [0.25, 0.3) is 0 Å². The lowest BCUT2D eigenvalue weighted by atomic mass is 10.0. The SMILES string of the molecule is COc1ccc(CC(=O)N2CCC(n3nc(C4CC4)ccc3=O)CC2)cc1. The molecule has 0 radical (unpaired) electrons. The van der Waals surface area contributed by atoms with Gasteiger partial charge in [-0.2, -0.15) is 5.10 Å². The van der Waals surface area contributed by atoms with Crippen LogP contribution < -0.4 is 10.3 Å². The summed E-state index contributed by atoms with van der Waals surface area (Å²) in [6.07, 6.45) is 4.28. The highest BCUT2D eigenvalue weighted by Gasteiger charge is 2.28. The molecule has 6 nitrogen and oxygen atoms in total. The summed E-state index contributed by atoms with van der Waals surface area (Å²) in [4.78, 5) is 26.7. The van der Waals surface area contributed by atoms with Crippen molar-refractivity contribution in [3.05, 3.63) is 58.0 Å². The molecule has 1 amide bonds. The van der Waals surface area contributed by atoms with Gasteiger partial charge in [-0.25, -0.2) is 4.68 Å². The molecule has 1 aliphatic heterocycles. The number of carbonyl (C=O) groups is 1. The van der Waals surface area contributed by atoms with Gasteiger partial charge in [-0.3, -0.25) is 9.59 Å². The highest BCUT2D eigenvalue weighted by Crippen LogP contribution is 2.38. The summed E-state index contributed by atoms with van der Waals surface area (Å²) in [6.45, 7) is 1.34. The number of methoxy groups -OCH3 is 1. The molecule has 4 rings (SSSR count). The summed E-state index contributed by atoms with van der Waals surface area (Å²) < 4.78 is 6.80. The Hall–Kier alpha value is -2.63. The third kappa shape index (κ3) is 4.04. The Morgan fingerprint density at radius 2 is 1.78 bits per heavy atom. The molecule has 1 saturated carbocycles. The molecular weight excluding hydrogens is 342 g/mol. The van der Waals surface area contributed by atoms with Crippen LogP contribution in [0.5, 0.6) is 5.75 Å². The van der Waals surface area contributed by atoms with E-state index in [1.165, 1.54) is 12.8 Å². The van der Waals surface area contributed by atoms with Crippen molar-refractivity contribution < 1.29 is 9.53 Å². The molecule has 2 fully saturated rings. The van der Waals surface area contributed by atoms with Crippen LogP contribution in [0.2, 0.25) is 0 Å². The lowest BCUT2D eigenvalue weighted by molar-refractivity contribution is -0.131. The van der Waals surface area contributed by atoms with E-state index in [0.717, 1.165) is 29.8 Å². The molecule has 0 unspecified atom stereocenters. The van der Waals surface area contributed by atoms with Crippen LogP contribution in [0.3, 0.4) is 0 Å². The monoisotopic (exact) mass is 367 g/mol. The van der Waals surface area contributed by atoms with Crippen LogP contribution in [0, 0.1) is 0 Å². The average molecular weight is 367 g/mol. The molecule has 1 aromatic carbocycles. The average Bonchev–Trinajstić information content (AvgIpc) is 3.54. The van der Waals surface area contributed by atoms with Crippen LogP contribution in [0.4, 0.5) is 0 Å². The Bertz CT molecular complexity index is 863. The van der Waals surface area contributed by atoms with Crippen molar-refractivity contribution in [1.29, 1.82) is 0 Å². The first kappa shape index (κ1) is 17.8. The van der Waals surface area contributed by atoms with Gasteiger partial charge in [0, 0.05) is 25.1 Å². The molecule has 6 heteroatoms. The van der Waals surface area contributed by atoms with Gasteiger partial charge in [0.15, 0.2) is 0 Å². The van der Waals surface area contributed by atoms with Crippen molar-refractivity contribution in [2.75, 3.05) is 20.2 Å². The molecule has 2 aromatic rings. The molecule has 2 heterocycles. The highest BCUT2D eigenvalue weighted by molar-refractivity contribution is 5.78. The van der Waals surface area contributed by atoms with Crippen molar-refractivity contribution in [2.24, 2.45) is 0 Å². The standard InChI is InChI=1S/C21H25N3O3/c1-27-18-6-2-15(3-7-18)14-21(26)23-12-10-17(11-13-23)24-20(25)9-8-19(22-24)16-4-5-16/h2-3,6-9,16-17H,4-5,10-14H2,1H3. The second kappa shape index (κ2) is 7.55. The fourth-order valence-corrected chi connectivity index (χ4v) is 3.69. The van der Waals surface area contributed by atoms with Gasteiger partial charge >= 0.3 is 0 Å². The summed E-state index contributed by atoms with van der Waals surface area (Å²) in [5.74, 6) is 1.45. The maximum absolute atomic E-state index is 12.6. The summed E-state index contributed by atoms with van der Waals surface area (Å²) in [7, 11) is 1.63. The predicted molar refractivity (Wildman–Crippen MR) is 102 cm³/mol. The Balaban J connectivity index is 1.36. The van der Waals surface area contributed by atoms with Crippen LogP contribution in [-0.2, 0) is 11.2 Å². The molecule has 142 valence electrons. The number of piperidine rings is 1. The van der Waals surface area contributed by atoms with E-state index in [4.69, 9.17) is 4.74 Å². The highest BCUT2D eigenvalue weighted by atomic mass is 16.5.